The molecule has 196 valence electrons. The number of nitrogens with zero attached hydrogens (tertiary/aromatic N) is 4. The fraction of sp³-hybridized carbons (Fsp3) is 0.478. The number of ether oxygens (including phenoxy) is 3. The highest BCUT2D eigenvalue weighted by atomic mass is 16.6. The maximum atomic E-state index is 12.0. The van der Waals surface area contributed by atoms with E-state index in [2.05, 4.69) is 26.6 Å². The molecule has 1 aliphatic heterocycles. The summed E-state index contributed by atoms with van der Waals surface area (Å²) in [6.45, 7) is 6.00. The van der Waals surface area contributed by atoms with Crippen LogP contribution in [0.5, 0.6) is 11.5 Å². The second-order valence-electron chi connectivity index (χ2n) is 9.25. The highest BCUT2D eigenvalue weighted by Crippen LogP contribution is 2.33. The topological polar surface area (TPSA) is 152 Å². The van der Waals surface area contributed by atoms with Crippen LogP contribution in [0.3, 0.4) is 0 Å². The predicted molar refractivity (Wildman–Crippen MR) is 129 cm³/mol. The average Bonchev–Trinajstić information content (AvgIpc) is 3.40. The van der Waals surface area contributed by atoms with E-state index in [-0.39, 0.29) is 18.8 Å². The van der Waals surface area contributed by atoms with Gasteiger partial charge >= 0.3 is 12.1 Å². The monoisotopic (exact) mass is 503 g/mol. The van der Waals surface area contributed by atoms with E-state index in [0.29, 0.717) is 42.1 Å². The number of carboxylic acid groups (broad SMARTS) is 1. The number of carbonyl (C=O) groups excluding carboxylic acids is 1. The Morgan fingerprint density at radius 1 is 1.14 bits per heavy atom. The van der Waals surface area contributed by atoms with Crippen molar-refractivity contribution in [2.45, 2.75) is 45.8 Å². The molecule has 13 nitrogen and oxygen atoms in total. The van der Waals surface area contributed by atoms with E-state index < -0.39 is 17.7 Å². The number of hydrogen-bond acceptors (Lipinski definition) is 10. The van der Waals surface area contributed by atoms with Crippen LogP contribution in [0.1, 0.15) is 48.8 Å². The Balaban J connectivity index is 1.79. The van der Waals surface area contributed by atoms with Crippen molar-refractivity contribution in [3.05, 3.63) is 47.0 Å². The molecule has 1 aromatic heterocycles. The summed E-state index contributed by atoms with van der Waals surface area (Å²) in [5, 5.41) is 22.0. The first kappa shape index (κ1) is 26.6. The van der Waals surface area contributed by atoms with Gasteiger partial charge < -0.3 is 30.1 Å². The largest absolute Gasteiger partial charge is 0.487 e. The van der Waals surface area contributed by atoms with Crippen LogP contribution in [0.15, 0.2) is 30.2 Å². The van der Waals surface area contributed by atoms with Crippen molar-refractivity contribution in [3.63, 3.8) is 0 Å². The number of alkyl carbamates (subject to hydrolysis) is 1. The Bertz CT molecular complexity index is 1110. The third-order valence-electron chi connectivity index (χ3n) is 4.84. The van der Waals surface area contributed by atoms with Crippen LogP contribution in [-0.4, -0.2) is 63.0 Å². The second-order valence-corrected chi connectivity index (χ2v) is 9.25. The Labute approximate surface area is 209 Å². The van der Waals surface area contributed by atoms with Crippen LogP contribution in [0, 0.1) is 0 Å². The smallest absolute Gasteiger partial charge is 0.407 e. The first-order chi connectivity index (χ1) is 17.0. The summed E-state index contributed by atoms with van der Waals surface area (Å²) in [6, 6.07) is 2.94. The van der Waals surface area contributed by atoms with E-state index in [0.717, 1.165) is 5.70 Å². The van der Waals surface area contributed by atoms with Crippen molar-refractivity contribution in [1.29, 1.82) is 0 Å². The molecular weight excluding hydrogens is 470 g/mol. The minimum Gasteiger partial charge on any atom is -0.487 e. The molecule has 2 aromatic rings. The van der Waals surface area contributed by atoms with Gasteiger partial charge in [0, 0.05) is 32.4 Å². The number of benzene rings is 1. The Morgan fingerprint density at radius 3 is 2.39 bits per heavy atom. The van der Waals surface area contributed by atoms with Crippen LogP contribution in [-0.2, 0) is 24.8 Å². The van der Waals surface area contributed by atoms with Gasteiger partial charge in [0.1, 0.15) is 36.0 Å². The quantitative estimate of drug-likeness (QED) is 0.332. The lowest BCUT2D eigenvalue weighted by atomic mass is 10.0. The third-order valence-corrected chi connectivity index (χ3v) is 4.84. The van der Waals surface area contributed by atoms with Crippen molar-refractivity contribution in [1.82, 2.24) is 36.3 Å². The maximum Gasteiger partial charge on any atom is 0.407 e. The molecule has 0 radical (unpaired) electrons. The molecule has 0 saturated carbocycles. The van der Waals surface area contributed by atoms with Crippen LogP contribution >= 0.6 is 0 Å². The lowest BCUT2D eigenvalue weighted by molar-refractivity contribution is 0.0526. The molecule has 2 heterocycles. The normalized spacial score (nSPS) is 13.1. The number of aromatic nitrogens is 3. The van der Waals surface area contributed by atoms with E-state index >= 15 is 0 Å². The summed E-state index contributed by atoms with van der Waals surface area (Å²) >= 11 is 0. The number of aromatic carboxylic acids is 1. The molecule has 0 spiro atoms. The summed E-state index contributed by atoms with van der Waals surface area (Å²) in [7, 11) is 3.57. The molecule has 0 aliphatic carbocycles. The van der Waals surface area contributed by atoms with Gasteiger partial charge in [0.2, 0.25) is 0 Å². The first-order valence-corrected chi connectivity index (χ1v) is 11.4. The van der Waals surface area contributed by atoms with Crippen molar-refractivity contribution in [2.75, 3.05) is 20.2 Å². The highest BCUT2D eigenvalue weighted by Gasteiger charge is 2.20. The van der Waals surface area contributed by atoms with Gasteiger partial charge in [-0.1, -0.05) is 5.21 Å². The molecule has 0 saturated heterocycles. The van der Waals surface area contributed by atoms with Crippen LogP contribution in [0.25, 0.3) is 0 Å². The lowest BCUT2D eigenvalue weighted by Crippen LogP contribution is -2.34. The number of carboxylic acids is 1. The summed E-state index contributed by atoms with van der Waals surface area (Å²) in [4.78, 5) is 23.8. The maximum absolute atomic E-state index is 12.0. The lowest BCUT2D eigenvalue weighted by Gasteiger charge is -2.20. The molecule has 1 amide bonds. The van der Waals surface area contributed by atoms with Gasteiger partial charge in [-0.2, -0.15) is 0 Å². The van der Waals surface area contributed by atoms with Crippen LogP contribution < -0.4 is 25.8 Å². The minimum atomic E-state index is -1.11. The molecule has 1 aliphatic rings. The number of hydrogen-bond donors (Lipinski definition) is 4. The molecule has 4 N–H and O–H groups in total. The minimum absolute atomic E-state index is 0.0263. The van der Waals surface area contributed by atoms with Gasteiger partial charge in [0.15, 0.2) is 0 Å². The van der Waals surface area contributed by atoms with Crippen molar-refractivity contribution in [3.8, 4) is 11.5 Å². The highest BCUT2D eigenvalue weighted by molar-refractivity contribution is 5.89. The second kappa shape index (κ2) is 11.6. The van der Waals surface area contributed by atoms with E-state index in [9.17, 15) is 14.7 Å². The number of aryl methyl sites for hydroxylation is 1. The standard InChI is InChI=1S/C23H33N7O6/c1-23(2,3)36-22(33)24-8-6-7-18-19(34-13-16-11-29(4)27-25-16)9-15(21(31)32)10-20(18)35-14-17-12-30(5)28-26-17/h9-12,25,27H,6-8,13-14H2,1-5H3,(H,24,33)(H,31,32). The third kappa shape index (κ3) is 8.05. The van der Waals surface area contributed by atoms with Gasteiger partial charge in [-0.25, -0.2) is 9.59 Å². The van der Waals surface area contributed by atoms with Gasteiger partial charge in [0.25, 0.3) is 0 Å². The predicted octanol–water partition coefficient (Wildman–Crippen LogP) is 1.72. The first-order valence-electron chi connectivity index (χ1n) is 11.4. The zero-order valence-corrected chi connectivity index (χ0v) is 21.1. The average molecular weight is 504 g/mol. The molecule has 0 atom stereocenters. The van der Waals surface area contributed by atoms with E-state index in [1.54, 1.807) is 43.7 Å². The van der Waals surface area contributed by atoms with Gasteiger partial charge in [0.05, 0.1) is 17.5 Å². The Kier molecular flexibility index (Phi) is 8.59. The number of hydrazine groups is 2. The van der Waals surface area contributed by atoms with E-state index in [1.165, 1.54) is 12.1 Å². The van der Waals surface area contributed by atoms with Gasteiger partial charge in [-0.15, -0.1) is 10.6 Å². The Hall–Kier alpha value is -4.00. The SMILES string of the molecule is CN1C=C(COc2cc(C(=O)O)cc(OCc3cn(C)nn3)c2CCCNC(=O)OC(C)(C)C)NN1. The van der Waals surface area contributed by atoms with Crippen molar-refractivity contribution in [2.24, 2.45) is 7.05 Å². The number of amides is 1. The zero-order valence-electron chi connectivity index (χ0n) is 21.1. The molecule has 0 unspecified atom stereocenters. The van der Waals surface area contributed by atoms with Crippen molar-refractivity contribution < 1.29 is 28.9 Å². The fourth-order valence-electron chi connectivity index (χ4n) is 3.32. The molecular formula is C23H33N7O6. The van der Waals surface area contributed by atoms with E-state index in [4.69, 9.17) is 14.2 Å². The molecule has 13 heteroatoms. The van der Waals surface area contributed by atoms with Crippen LogP contribution in [0.2, 0.25) is 0 Å². The number of rotatable bonds is 11. The summed E-state index contributed by atoms with van der Waals surface area (Å²) in [6.07, 6.45) is 4.01. The number of nitrogens with one attached hydrogen (secondary N) is 3. The summed E-state index contributed by atoms with van der Waals surface area (Å²) < 4.78 is 18.8. The van der Waals surface area contributed by atoms with Gasteiger partial charge in [-0.3, -0.25) is 9.69 Å². The summed E-state index contributed by atoms with van der Waals surface area (Å²) in [5.41, 5.74) is 7.32. The number of carbonyl (C=O) groups is 2. The molecule has 36 heavy (non-hydrogen) atoms. The van der Waals surface area contributed by atoms with E-state index in [1.807, 2.05) is 13.2 Å². The van der Waals surface area contributed by atoms with Crippen molar-refractivity contribution >= 4 is 12.1 Å². The molecule has 0 fully saturated rings. The molecule has 1 aromatic carbocycles. The van der Waals surface area contributed by atoms with Crippen LogP contribution in [0.4, 0.5) is 4.79 Å². The zero-order chi connectivity index (χ0) is 26.3. The van der Waals surface area contributed by atoms with Gasteiger partial charge in [-0.05, 0) is 45.7 Å². The molecule has 0 bridgehead atoms. The molecule has 3 rings (SSSR count). The Morgan fingerprint density at radius 2 is 1.83 bits per heavy atom. The summed E-state index contributed by atoms with van der Waals surface area (Å²) in [5.74, 6) is -0.378. The fourth-order valence-corrected chi connectivity index (χ4v) is 3.32.